The molecule has 0 saturated heterocycles. The van der Waals surface area contributed by atoms with Crippen molar-refractivity contribution in [2.45, 2.75) is 45.3 Å². The lowest BCUT2D eigenvalue weighted by atomic mass is 9.95. The first kappa shape index (κ1) is 15.8. The number of hydrogen-bond acceptors (Lipinski definition) is 2. The summed E-state index contributed by atoms with van der Waals surface area (Å²) in [6, 6.07) is -1.04. The van der Waals surface area contributed by atoms with E-state index in [1.165, 1.54) is 6.92 Å². The van der Waals surface area contributed by atoms with Crippen molar-refractivity contribution < 1.29 is 27.9 Å². The van der Waals surface area contributed by atoms with Crippen LogP contribution in [0.5, 0.6) is 0 Å². The summed E-state index contributed by atoms with van der Waals surface area (Å²) in [5, 5.41) is 11.3. The molecule has 1 rings (SSSR count). The molecule has 0 aliphatic heterocycles. The summed E-state index contributed by atoms with van der Waals surface area (Å²) in [5.41, 5.74) is 0. The Bertz CT molecular complexity index is 357. The lowest BCUT2D eigenvalue weighted by Gasteiger charge is -2.20. The molecule has 0 aromatic heterocycles. The smallest absolute Gasteiger partial charge is 0.391 e. The van der Waals surface area contributed by atoms with Crippen LogP contribution in [0, 0.1) is 17.8 Å². The molecule has 0 bridgehead atoms. The highest BCUT2D eigenvalue weighted by molar-refractivity contribution is 5.85. The largest absolute Gasteiger partial charge is 0.481 e. The third-order valence-electron chi connectivity index (χ3n) is 3.38. The fourth-order valence-electron chi connectivity index (χ4n) is 2.60. The van der Waals surface area contributed by atoms with Gasteiger partial charge in [0.2, 0.25) is 5.91 Å². The molecule has 1 saturated carbocycles. The van der Waals surface area contributed by atoms with Crippen LogP contribution in [-0.4, -0.2) is 29.2 Å². The first-order chi connectivity index (χ1) is 8.60. The van der Waals surface area contributed by atoms with Gasteiger partial charge >= 0.3 is 12.1 Å². The molecule has 0 spiro atoms. The van der Waals surface area contributed by atoms with E-state index in [4.69, 9.17) is 5.11 Å². The maximum Gasteiger partial charge on any atom is 0.391 e. The summed E-state index contributed by atoms with van der Waals surface area (Å²) in [7, 11) is 0. The van der Waals surface area contributed by atoms with Crippen LogP contribution in [0.4, 0.5) is 13.2 Å². The van der Waals surface area contributed by atoms with Gasteiger partial charge in [-0.25, -0.2) is 0 Å². The lowest BCUT2D eigenvalue weighted by Crippen LogP contribution is -2.41. The number of halogens is 3. The van der Waals surface area contributed by atoms with Gasteiger partial charge in [-0.1, -0.05) is 6.92 Å². The van der Waals surface area contributed by atoms with Crippen molar-refractivity contribution in [3.63, 3.8) is 0 Å². The summed E-state index contributed by atoms with van der Waals surface area (Å²) in [6.07, 6.45) is -4.66. The van der Waals surface area contributed by atoms with Gasteiger partial charge in [0.1, 0.15) is 0 Å². The van der Waals surface area contributed by atoms with E-state index in [2.05, 4.69) is 5.32 Å². The van der Waals surface area contributed by atoms with Gasteiger partial charge in [-0.05, 0) is 25.7 Å². The lowest BCUT2D eigenvalue weighted by molar-refractivity contribution is -0.148. The molecular weight excluding hydrogens is 263 g/mol. The third-order valence-corrected chi connectivity index (χ3v) is 3.38. The number of alkyl halides is 3. The molecule has 4 atom stereocenters. The van der Waals surface area contributed by atoms with Gasteiger partial charge in [0, 0.05) is 6.04 Å². The van der Waals surface area contributed by atoms with Crippen LogP contribution < -0.4 is 5.32 Å². The number of rotatable bonds is 4. The van der Waals surface area contributed by atoms with Crippen molar-refractivity contribution in [1.29, 1.82) is 0 Å². The fraction of sp³-hybridized carbons (Fsp3) is 0.833. The Balaban J connectivity index is 2.59. The first-order valence-electron chi connectivity index (χ1n) is 6.20. The second kappa shape index (κ2) is 5.79. The molecule has 1 amide bonds. The average molecular weight is 281 g/mol. The fourth-order valence-corrected chi connectivity index (χ4v) is 2.60. The van der Waals surface area contributed by atoms with Crippen molar-refractivity contribution >= 4 is 11.9 Å². The summed E-state index contributed by atoms with van der Waals surface area (Å²) < 4.78 is 36.5. The van der Waals surface area contributed by atoms with Crippen LogP contribution in [-0.2, 0) is 9.59 Å². The molecule has 0 radical (unpaired) electrons. The van der Waals surface area contributed by atoms with Crippen LogP contribution in [0.1, 0.15) is 33.1 Å². The van der Waals surface area contributed by atoms with E-state index < -0.39 is 42.4 Å². The minimum atomic E-state index is -4.35. The maximum atomic E-state index is 12.2. The number of carbonyl (C=O) groups is 2. The van der Waals surface area contributed by atoms with Crippen LogP contribution in [0.25, 0.3) is 0 Å². The number of amides is 1. The minimum absolute atomic E-state index is 0.0924. The van der Waals surface area contributed by atoms with Crippen LogP contribution in [0.3, 0.4) is 0 Å². The van der Waals surface area contributed by atoms with Crippen LogP contribution in [0.15, 0.2) is 0 Å². The summed E-state index contributed by atoms with van der Waals surface area (Å²) in [6.45, 7) is 3.10. The molecule has 110 valence electrons. The molecule has 1 fully saturated rings. The Hall–Kier alpha value is -1.27. The van der Waals surface area contributed by atoms with Gasteiger partial charge in [-0.15, -0.1) is 0 Å². The molecule has 0 heterocycles. The van der Waals surface area contributed by atoms with Crippen LogP contribution >= 0.6 is 0 Å². The standard InChI is InChI=1S/C12H18F3NO3/c1-6-3-8(9(4-6)11(18)19)10(17)16-7(2)5-12(13,14)15/h6-9H,3-5H2,1-2H3,(H,16,17)(H,18,19)/t6?,7?,8-,9+/m0/s1. The molecule has 0 aromatic rings. The second-order valence-electron chi connectivity index (χ2n) is 5.36. The highest BCUT2D eigenvalue weighted by atomic mass is 19.4. The number of hydrogen-bond donors (Lipinski definition) is 2. The highest BCUT2D eigenvalue weighted by Gasteiger charge is 2.42. The molecule has 1 aliphatic carbocycles. The Morgan fingerprint density at radius 3 is 2.32 bits per heavy atom. The van der Waals surface area contributed by atoms with E-state index in [1.54, 1.807) is 0 Å². The van der Waals surface area contributed by atoms with Gasteiger partial charge in [0.15, 0.2) is 0 Å². The average Bonchev–Trinajstić information content (AvgIpc) is 2.57. The van der Waals surface area contributed by atoms with E-state index in [0.717, 1.165) is 0 Å². The molecule has 2 unspecified atom stereocenters. The van der Waals surface area contributed by atoms with Crippen molar-refractivity contribution in [2.75, 3.05) is 0 Å². The number of carboxylic acid groups (broad SMARTS) is 1. The molecule has 1 aliphatic rings. The normalized spacial score (nSPS) is 29.0. The second-order valence-corrected chi connectivity index (χ2v) is 5.36. The Morgan fingerprint density at radius 1 is 1.32 bits per heavy atom. The number of carboxylic acids is 1. The highest BCUT2D eigenvalue weighted by Crippen LogP contribution is 2.36. The SMILES string of the molecule is CC1C[C@H](C(=O)NC(C)CC(F)(F)F)[C@H](C(=O)O)C1. The van der Waals surface area contributed by atoms with E-state index in [1.807, 2.05) is 6.92 Å². The van der Waals surface area contributed by atoms with Gasteiger partial charge < -0.3 is 10.4 Å². The quantitative estimate of drug-likeness (QED) is 0.830. The summed E-state index contributed by atoms with van der Waals surface area (Å²) in [4.78, 5) is 22.9. The Labute approximate surface area is 109 Å². The van der Waals surface area contributed by atoms with E-state index in [-0.39, 0.29) is 5.92 Å². The zero-order chi connectivity index (χ0) is 14.8. The van der Waals surface area contributed by atoms with E-state index >= 15 is 0 Å². The summed E-state index contributed by atoms with van der Waals surface area (Å²) in [5.74, 6) is -3.09. The molecule has 19 heavy (non-hydrogen) atoms. The predicted molar refractivity (Wildman–Crippen MR) is 61.3 cm³/mol. The number of carbonyl (C=O) groups excluding carboxylic acids is 1. The number of aliphatic carboxylic acids is 1. The maximum absolute atomic E-state index is 12.2. The zero-order valence-electron chi connectivity index (χ0n) is 10.8. The van der Waals surface area contributed by atoms with Crippen molar-refractivity contribution in [2.24, 2.45) is 17.8 Å². The van der Waals surface area contributed by atoms with Crippen molar-refractivity contribution in [3.05, 3.63) is 0 Å². The minimum Gasteiger partial charge on any atom is -0.481 e. The molecule has 7 heteroatoms. The summed E-state index contributed by atoms with van der Waals surface area (Å²) >= 11 is 0. The Kier molecular flexibility index (Phi) is 4.81. The van der Waals surface area contributed by atoms with E-state index in [9.17, 15) is 22.8 Å². The van der Waals surface area contributed by atoms with Crippen molar-refractivity contribution in [3.8, 4) is 0 Å². The molecular formula is C12H18F3NO3. The van der Waals surface area contributed by atoms with Gasteiger partial charge in [-0.2, -0.15) is 13.2 Å². The molecule has 4 nitrogen and oxygen atoms in total. The number of nitrogens with one attached hydrogen (secondary N) is 1. The van der Waals surface area contributed by atoms with Gasteiger partial charge in [-0.3, -0.25) is 9.59 Å². The van der Waals surface area contributed by atoms with E-state index in [0.29, 0.717) is 12.8 Å². The van der Waals surface area contributed by atoms with Gasteiger partial charge in [0.05, 0.1) is 18.3 Å². The first-order valence-corrected chi connectivity index (χ1v) is 6.20. The Morgan fingerprint density at radius 2 is 1.84 bits per heavy atom. The monoisotopic (exact) mass is 281 g/mol. The molecule has 2 N–H and O–H groups in total. The zero-order valence-corrected chi connectivity index (χ0v) is 10.8. The topological polar surface area (TPSA) is 66.4 Å². The predicted octanol–water partition coefficient (Wildman–Crippen LogP) is 2.19. The van der Waals surface area contributed by atoms with Gasteiger partial charge in [0.25, 0.3) is 0 Å². The van der Waals surface area contributed by atoms with Crippen LogP contribution in [0.2, 0.25) is 0 Å². The third kappa shape index (κ3) is 4.72. The van der Waals surface area contributed by atoms with Crippen molar-refractivity contribution in [1.82, 2.24) is 5.32 Å². The molecule has 0 aromatic carbocycles.